The molecule has 1 saturated heterocycles. The molecular formula is C20H24N2O3S. The highest BCUT2D eigenvalue weighted by atomic mass is 32.2. The molecule has 0 spiro atoms. The summed E-state index contributed by atoms with van der Waals surface area (Å²) in [6.07, 6.45) is 5.80. The predicted octanol–water partition coefficient (Wildman–Crippen LogP) is 4.01. The molecule has 2 aromatic rings. The van der Waals surface area contributed by atoms with Crippen LogP contribution in [-0.2, 0) is 10.0 Å². The van der Waals surface area contributed by atoms with Crippen molar-refractivity contribution in [2.24, 2.45) is 4.99 Å². The average Bonchev–Trinajstić information content (AvgIpc) is 2.97. The first-order valence-electron chi connectivity index (χ1n) is 8.88. The van der Waals surface area contributed by atoms with Crippen LogP contribution in [0.15, 0.2) is 58.4 Å². The number of benzene rings is 2. The summed E-state index contributed by atoms with van der Waals surface area (Å²) in [5.41, 5.74) is 1.63. The molecule has 0 atom stereocenters. The van der Waals surface area contributed by atoms with Crippen LogP contribution in [0.25, 0.3) is 0 Å². The van der Waals surface area contributed by atoms with Gasteiger partial charge in [0, 0.05) is 19.3 Å². The largest absolute Gasteiger partial charge is 0.497 e. The third kappa shape index (κ3) is 4.51. The Bertz CT molecular complexity index is 853. The maximum absolute atomic E-state index is 12.8. The maximum Gasteiger partial charge on any atom is 0.243 e. The third-order valence-electron chi connectivity index (χ3n) is 4.50. The summed E-state index contributed by atoms with van der Waals surface area (Å²) in [5.74, 6) is 0.771. The monoisotopic (exact) mass is 372 g/mol. The lowest BCUT2D eigenvalue weighted by Crippen LogP contribution is -2.31. The second kappa shape index (κ2) is 8.47. The lowest BCUT2D eigenvalue weighted by molar-refractivity contribution is 0.414. The van der Waals surface area contributed by atoms with Crippen molar-refractivity contribution in [2.45, 2.75) is 30.6 Å². The first-order chi connectivity index (χ1) is 12.6. The Labute approximate surface area is 155 Å². The number of sulfonamides is 1. The van der Waals surface area contributed by atoms with E-state index in [-0.39, 0.29) is 0 Å². The molecule has 3 rings (SSSR count). The standard InChI is InChI=1S/C20H24N2O3S/c1-25-19-8-6-7-17(15-19)16-21-18-9-11-20(12-10-18)26(23,24)22-13-4-2-3-5-14-22/h6-12,15-16H,2-5,13-14H2,1H3. The van der Waals surface area contributed by atoms with Gasteiger partial charge in [0.15, 0.2) is 0 Å². The van der Waals surface area contributed by atoms with Crippen LogP contribution in [0.1, 0.15) is 31.2 Å². The second-order valence-corrected chi connectivity index (χ2v) is 8.28. The van der Waals surface area contributed by atoms with E-state index in [0.29, 0.717) is 23.7 Å². The van der Waals surface area contributed by atoms with Crippen LogP contribution in [0, 0.1) is 0 Å². The highest BCUT2D eigenvalue weighted by molar-refractivity contribution is 7.89. The van der Waals surface area contributed by atoms with Gasteiger partial charge in [-0.3, -0.25) is 4.99 Å². The fourth-order valence-corrected chi connectivity index (χ4v) is 4.52. The lowest BCUT2D eigenvalue weighted by atomic mass is 10.2. The van der Waals surface area contributed by atoms with E-state index >= 15 is 0 Å². The summed E-state index contributed by atoms with van der Waals surface area (Å²) in [7, 11) is -1.79. The minimum Gasteiger partial charge on any atom is -0.497 e. The quantitative estimate of drug-likeness (QED) is 0.745. The van der Waals surface area contributed by atoms with Crippen LogP contribution < -0.4 is 4.74 Å². The molecule has 1 heterocycles. The van der Waals surface area contributed by atoms with Crippen molar-refractivity contribution in [3.05, 3.63) is 54.1 Å². The van der Waals surface area contributed by atoms with Gasteiger partial charge in [0.25, 0.3) is 0 Å². The summed E-state index contributed by atoms with van der Waals surface area (Å²) in [6.45, 7) is 1.22. The zero-order valence-electron chi connectivity index (χ0n) is 15.0. The number of hydrogen-bond acceptors (Lipinski definition) is 4. The summed E-state index contributed by atoms with van der Waals surface area (Å²) in [4.78, 5) is 4.75. The molecule has 0 aliphatic carbocycles. The van der Waals surface area contributed by atoms with Crippen molar-refractivity contribution >= 4 is 21.9 Å². The van der Waals surface area contributed by atoms with E-state index in [1.54, 1.807) is 41.9 Å². The molecule has 6 heteroatoms. The van der Waals surface area contributed by atoms with Crippen LogP contribution in [0.4, 0.5) is 5.69 Å². The highest BCUT2D eigenvalue weighted by Gasteiger charge is 2.24. The van der Waals surface area contributed by atoms with Crippen LogP contribution in [0.3, 0.4) is 0 Å². The molecule has 0 unspecified atom stereocenters. The fraction of sp³-hybridized carbons (Fsp3) is 0.350. The summed E-state index contributed by atoms with van der Waals surface area (Å²) < 4.78 is 32.3. The number of ether oxygens (including phenoxy) is 1. The van der Waals surface area contributed by atoms with Gasteiger partial charge in [-0.1, -0.05) is 25.0 Å². The zero-order valence-corrected chi connectivity index (χ0v) is 15.8. The van der Waals surface area contributed by atoms with Crippen LogP contribution in [-0.4, -0.2) is 39.1 Å². The van der Waals surface area contributed by atoms with Crippen molar-refractivity contribution in [3.8, 4) is 5.75 Å². The molecule has 0 saturated carbocycles. The Morgan fingerprint density at radius 1 is 1.00 bits per heavy atom. The molecule has 0 amide bonds. The first-order valence-corrected chi connectivity index (χ1v) is 10.3. The van der Waals surface area contributed by atoms with Crippen molar-refractivity contribution in [1.82, 2.24) is 4.31 Å². The van der Waals surface area contributed by atoms with Crippen LogP contribution in [0.5, 0.6) is 5.75 Å². The van der Waals surface area contributed by atoms with Gasteiger partial charge in [0.2, 0.25) is 10.0 Å². The molecule has 0 aromatic heterocycles. The minimum atomic E-state index is -3.41. The van der Waals surface area contributed by atoms with E-state index in [1.165, 1.54) is 0 Å². The summed E-state index contributed by atoms with van der Waals surface area (Å²) in [6, 6.07) is 14.3. The Kier molecular flexibility index (Phi) is 6.06. The van der Waals surface area contributed by atoms with Gasteiger partial charge in [-0.2, -0.15) is 4.31 Å². The number of rotatable bonds is 5. The molecule has 1 aliphatic rings. The zero-order chi connectivity index (χ0) is 18.4. The molecule has 1 fully saturated rings. The topological polar surface area (TPSA) is 59.0 Å². The Balaban J connectivity index is 1.74. The number of aliphatic imine (C=N–C) groups is 1. The van der Waals surface area contributed by atoms with Crippen LogP contribution in [0.2, 0.25) is 0 Å². The van der Waals surface area contributed by atoms with Crippen LogP contribution >= 0.6 is 0 Å². The molecule has 0 N–H and O–H groups in total. The molecule has 0 bridgehead atoms. The van der Waals surface area contributed by atoms with E-state index in [0.717, 1.165) is 37.0 Å². The van der Waals surface area contributed by atoms with E-state index in [9.17, 15) is 8.42 Å². The predicted molar refractivity (Wildman–Crippen MR) is 104 cm³/mol. The summed E-state index contributed by atoms with van der Waals surface area (Å²) in [5, 5.41) is 0. The third-order valence-corrected chi connectivity index (χ3v) is 6.41. The smallest absolute Gasteiger partial charge is 0.243 e. The van der Waals surface area contributed by atoms with Crippen molar-refractivity contribution < 1.29 is 13.2 Å². The first kappa shape index (κ1) is 18.6. The number of nitrogens with zero attached hydrogens (tertiary/aromatic N) is 2. The maximum atomic E-state index is 12.8. The van der Waals surface area contributed by atoms with Gasteiger partial charge >= 0.3 is 0 Å². The van der Waals surface area contributed by atoms with E-state index in [2.05, 4.69) is 4.99 Å². The molecule has 1 aliphatic heterocycles. The van der Waals surface area contributed by atoms with Crippen molar-refractivity contribution in [3.63, 3.8) is 0 Å². The number of methoxy groups -OCH3 is 1. The Morgan fingerprint density at radius 3 is 2.35 bits per heavy atom. The van der Waals surface area contributed by atoms with Gasteiger partial charge in [-0.25, -0.2) is 8.42 Å². The van der Waals surface area contributed by atoms with Gasteiger partial charge in [0.1, 0.15) is 5.75 Å². The molecule has 5 nitrogen and oxygen atoms in total. The molecule has 0 radical (unpaired) electrons. The molecule has 26 heavy (non-hydrogen) atoms. The van der Waals surface area contributed by atoms with Crippen molar-refractivity contribution in [2.75, 3.05) is 20.2 Å². The molecular weight excluding hydrogens is 348 g/mol. The second-order valence-electron chi connectivity index (χ2n) is 6.35. The van der Waals surface area contributed by atoms with Gasteiger partial charge < -0.3 is 4.74 Å². The lowest BCUT2D eigenvalue weighted by Gasteiger charge is -2.19. The molecule has 138 valence electrons. The fourth-order valence-electron chi connectivity index (χ4n) is 3.01. The van der Waals surface area contributed by atoms with E-state index in [1.807, 2.05) is 24.3 Å². The highest BCUT2D eigenvalue weighted by Crippen LogP contribution is 2.23. The van der Waals surface area contributed by atoms with Crippen molar-refractivity contribution in [1.29, 1.82) is 0 Å². The van der Waals surface area contributed by atoms with Gasteiger partial charge in [0.05, 0.1) is 17.7 Å². The van der Waals surface area contributed by atoms with E-state index < -0.39 is 10.0 Å². The summed E-state index contributed by atoms with van der Waals surface area (Å²) >= 11 is 0. The normalized spacial score (nSPS) is 16.5. The SMILES string of the molecule is COc1cccc(C=Nc2ccc(S(=O)(=O)N3CCCCCC3)cc2)c1. The molecule has 2 aromatic carbocycles. The Morgan fingerprint density at radius 2 is 1.69 bits per heavy atom. The van der Waals surface area contributed by atoms with Gasteiger partial charge in [-0.15, -0.1) is 0 Å². The minimum absolute atomic E-state index is 0.333. The average molecular weight is 372 g/mol. The number of hydrogen-bond donors (Lipinski definition) is 0. The Hall–Kier alpha value is -2.18. The van der Waals surface area contributed by atoms with E-state index in [4.69, 9.17) is 4.74 Å². The van der Waals surface area contributed by atoms with Gasteiger partial charge in [-0.05, 0) is 54.8 Å².